The SMILES string of the molecule is NC(CC1CCc2sc(NC(=O)C3CC3)c(C(=O)NCC3CC3)c2C1)=NO. The maximum atomic E-state index is 12.9. The Hall–Kier alpha value is -2.09. The number of anilines is 1. The number of carbonyl (C=O) groups is 2. The highest BCUT2D eigenvalue weighted by Crippen LogP contribution is 2.41. The first-order valence-electron chi connectivity index (χ1n) is 9.75. The average molecular weight is 391 g/mol. The number of nitrogens with two attached hydrogens (primary N) is 1. The highest BCUT2D eigenvalue weighted by Gasteiger charge is 2.34. The first-order valence-corrected chi connectivity index (χ1v) is 10.6. The summed E-state index contributed by atoms with van der Waals surface area (Å²) in [5.41, 5.74) is 7.35. The number of carbonyl (C=O) groups excluding carboxylic acids is 2. The van der Waals surface area contributed by atoms with Crippen LogP contribution in [-0.2, 0) is 17.6 Å². The van der Waals surface area contributed by atoms with Crippen molar-refractivity contribution in [3.8, 4) is 0 Å². The minimum atomic E-state index is -0.0880. The summed E-state index contributed by atoms with van der Waals surface area (Å²) in [5.74, 6) is 1.10. The lowest BCUT2D eigenvalue weighted by molar-refractivity contribution is -0.117. The van der Waals surface area contributed by atoms with E-state index in [9.17, 15) is 9.59 Å². The lowest BCUT2D eigenvalue weighted by Gasteiger charge is -2.22. The molecule has 1 aromatic rings. The fourth-order valence-corrected chi connectivity index (χ4v) is 4.95. The zero-order chi connectivity index (χ0) is 19.0. The molecular weight excluding hydrogens is 364 g/mol. The predicted molar refractivity (Wildman–Crippen MR) is 104 cm³/mol. The van der Waals surface area contributed by atoms with Gasteiger partial charge in [-0.05, 0) is 62.3 Å². The third-order valence-electron chi connectivity index (χ3n) is 5.65. The summed E-state index contributed by atoms with van der Waals surface area (Å²) in [4.78, 5) is 26.4. The molecule has 0 bridgehead atoms. The van der Waals surface area contributed by atoms with Crippen molar-refractivity contribution in [3.63, 3.8) is 0 Å². The highest BCUT2D eigenvalue weighted by molar-refractivity contribution is 7.17. The molecule has 8 heteroatoms. The van der Waals surface area contributed by atoms with E-state index in [2.05, 4.69) is 15.8 Å². The van der Waals surface area contributed by atoms with E-state index < -0.39 is 0 Å². The molecule has 2 saturated carbocycles. The van der Waals surface area contributed by atoms with E-state index in [0.717, 1.165) is 31.2 Å². The molecule has 27 heavy (non-hydrogen) atoms. The quantitative estimate of drug-likeness (QED) is 0.248. The van der Waals surface area contributed by atoms with Crippen molar-refractivity contribution >= 4 is 34.0 Å². The molecule has 4 rings (SSSR count). The molecule has 2 fully saturated rings. The molecule has 1 unspecified atom stereocenters. The first kappa shape index (κ1) is 18.3. The molecule has 0 spiro atoms. The van der Waals surface area contributed by atoms with Gasteiger partial charge >= 0.3 is 0 Å². The maximum absolute atomic E-state index is 12.9. The Labute approximate surface area is 162 Å². The van der Waals surface area contributed by atoms with E-state index >= 15 is 0 Å². The van der Waals surface area contributed by atoms with Crippen molar-refractivity contribution < 1.29 is 14.8 Å². The van der Waals surface area contributed by atoms with Crippen molar-refractivity contribution in [3.05, 3.63) is 16.0 Å². The van der Waals surface area contributed by atoms with Gasteiger partial charge < -0.3 is 21.6 Å². The minimum absolute atomic E-state index is 0.0260. The van der Waals surface area contributed by atoms with Gasteiger partial charge in [-0.1, -0.05) is 5.16 Å². The molecule has 1 heterocycles. The van der Waals surface area contributed by atoms with Crippen molar-refractivity contribution in [1.29, 1.82) is 0 Å². The summed E-state index contributed by atoms with van der Waals surface area (Å²) in [7, 11) is 0. The second kappa shape index (κ2) is 7.50. The lowest BCUT2D eigenvalue weighted by atomic mass is 9.84. The molecule has 5 N–H and O–H groups in total. The van der Waals surface area contributed by atoms with Gasteiger partial charge in [0.1, 0.15) is 10.8 Å². The van der Waals surface area contributed by atoms with E-state index in [0.29, 0.717) is 35.9 Å². The van der Waals surface area contributed by atoms with Gasteiger partial charge in [-0.15, -0.1) is 11.3 Å². The Kier molecular flexibility index (Phi) is 5.08. The maximum Gasteiger partial charge on any atom is 0.254 e. The highest BCUT2D eigenvalue weighted by atomic mass is 32.1. The Balaban J connectivity index is 1.57. The van der Waals surface area contributed by atoms with Crippen LogP contribution in [0, 0.1) is 17.8 Å². The third kappa shape index (κ3) is 4.26. The molecule has 7 nitrogen and oxygen atoms in total. The van der Waals surface area contributed by atoms with Crippen LogP contribution in [0.5, 0.6) is 0 Å². The number of fused-ring (bicyclic) bond motifs is 1. The Bertz CT molecular complexity index is 780. The van der Waals surface area contributed by atoms with Gasteiger partial charge in [-0.25, -0.2) is 0 Å². The molecule has 0 radical (unpaired) electrons. The van der Waals surface area contributed by atoms with Crippen LogP contribution in [-0.4, -0.2) is 29.4 Å². The third-order valence-corrected chi connectivity index (χ3v) is 6.86. The topological polar surface area (TPSA) is 117 Å². The standard InChI is InChI=1S/C19H26N4O3S/c20-15(23-26)8-11-3-6-14-13(7-11)16(18(25)21-9-10-1-2-10)19(27-14)22-17(24)12-4-5-12/h10-12,26H,1-9H2,(H2,20,23)(H,21,25)(H,22,24). The summed E-state index contributed by atoms with van der Waals surface area (Å²) in [6.07, 6.45) is 7.23. The normalized spacial score (nSPS) is 22.2. The van der Waals surface area contributed by atoms with Crippen LogP contribution in [0.2, 0.25) is 0 Å². The van der Waals surface area contributed by atoms with Gasteiger partial charge in [0.15, 0.2) is 0 Å². The first-order chi connectivity index (χ1) is 13.0. The number of oxime groups is 1. The molecule has 2 amide bonds. The van der Waals surface area contributed by atoms with E-state index in [1.165, 1.54) is 29.1 Å². The van der Waals surface area contributed by atoms with Gasteiger partial charge in [-0.3, -0.25) is 9.59 Å². The molecule has 0 saturated heterocycles. The summed E-state index contributed by atoms with van der Waals surface area (Å²) >= 11 is 1.54. The van der Waals surface area contributed by atoms with Gasteiger partial charge in [0.05, 0.1) is 5.56 Å². The van der Waals surface area contributed by atoms with Crippen LogP contribution < -0.4 is 16.4 Å². The molecule has 1 aromatic heterocycles. The smallest absolute Gasteiger partial charge is 0.254 e. The second-order valence-electron chi connectivity index (χ2n) is 8.03. The number of rotatable bonds is 7. The van der Waals surface area contributed by atoms with Crippen LogP contribution in [0.3, 0.4) is 0 Å². The fourth-order valence-electron chi connectivity index (χ4n) is 3.70. The molecule has 3 aliphatic rings. The van der Waals surface area contributed by atoms with Crippen molar-refractivity contribution in [1.82, 2.24) is 5.32 Å². The molecule has 146 valence electrons. The Morgan fingerprint density at radius 1 is 1.19 bits per heavy atom. The molecule has 3 aliphatic carbocycles. The summed E-state index contributed by atoms with van der Waals surface area (Å²) < 4.78 is 0. The number of hydrogen-bond donors (Lipinski definition) is 4. The van der Waals surface area contributed by atoms with Crippen LogP contribution in [0.4, 0.5) is 5.00 Å². The van der Waals surface area contributed by atoms with Gasteiger partial charge in [0.25, 0.3) is 5.91 Å². The van der Waals surface area contributed by atoms with Crippen molar-refractivity contribution in [2.24, 2.45) is 28.6 Å². The van der Waals surface area contributed by atoms with Gasteiger partial charge in [0, 0.05) is 23.8 Å². The average Bonchev–Trinajstić information content (AvgIpc) is 3.56. The number of thiophene rings is 1. The van der Waals surface area contributed by atoms with E-state index in [-0.39, 0.29) is 29.5 Å². The molecular formula is C19H26N4O3S. The lowest BCUT2D eigenvalue weighted by Crippen LogP contribution is -2.29. The van der Waals surface area contributed by atoms with Crippen molar-refractivity contribution in [2.75, 3.05) is 11.9 Å². The van der Waals surface area contributed by atoms with Crippen LogP contribution in [0.25, 0.3) is 0 Å². The van der Waals surface area contributed by atoms with Crippen LogP contribution in [0.1, 0.15) is 59.3 Å². The van der Waals surface area contributed by atoms with Gasteiger partial charge in [0.2, 0.25) is 5.91 Å². The molecule has 1 atom stereocenters. The predicted octanol–water partition coefficient (Wildman–Crippen LogP) is 2.48. The largest absolute Gasteiger partial charge is 0.409 e. The minimum Gasteiger partial charge on any atom is -0.409 e. The molecule has 0 aliphatic heterocycles. The zero-order valence-corrected chi connectivity index (χ0v) is 16.1. The van der Waals surface area contributed by atoms with Gasteiger partial charge in [-0.2, -0.15) is 0 Å². The zero-order valence-electron chi connectivity index (χ0n) is 15.3. The Morgan fingerprint density at radius 3 is 2.63 bits per heavy atom. The van der Waals surface area contributed by atoms with Crippen LogP contribution >= 0.6 is 11.3 Å². The summed E-state index contributed by atoms with van der Waals surface area (Å²) in [6.45, 7) is 0.701. The monoisotopic (exact) mass is 390 g/mol. The van der Waals surface area contributed by atoms with E-state index in [4.69, 9.17) is 10.9 Å². The number of hydrogen-bond acceptors (Lipinski definition) is 5. The van der Waals surface area contributed by atoms with Crippen molar-refractivity contribution in [2.45, 2.75) is 51.4 Å². The number of amidine groups is 1. The van der Waals surface area contributed by atoms with E-state index in [1.807, 2.05) is 0 Å². The Morgan fingerprint density at radius 2 is 1.96 bits per heavy atom. The summed E-state index contributed by atoms with van der Waals surface area (Å²) in [5, 5.41) is 18.7. The second-order valence-corrected chi connectivity index (χ2v) is 9.13. The number of amides is 2. The fraction of sp³-hybridized carbons (Fsp3) is 0.632. The van der Waals surface area contributed by atoms with E-state index in [1.54, 1.807) is 0 Å². The number of nitrogens with zero attached hydrogens (tertiary/aromatic N) is 1. The number of nitrogens with one attached hydrogen (secondary N) is 2. The number of aryl methyl sites for hydroxylation is 1. The summed E-state index contributed by atoms with van der Waals surface area (Å²) in [6, 6.07) is 0. The van der Waals surface area contributed by atoms with Crippen LogP contribution in [0.15, 0.2) is 5.16 Å². The molecule has 0 aromatic carbocycles.